The van der Waals surface area contributed by atoms with Gasteiger partial charge in [0.25, 0.3) is 0 Å². The second-order valence-electron chi connectivity index (χ2n) is 5.98. The van der Waals surface area contributed by atoms with E-state index in [1.807, 2.05) is 18.2 Å². The summed E-state index contributed by atoms with van der Waals surface area (Å²) in [4.78, 5) is 8.76. The molecule has 5 nitrogen and oxygen atoms in total. The fourth-order valence-corrected chi connectivity index (χ4v) is 2.75. The highest BCUT2D eigenvalue weighted by atomic mass is 15.2. The van der Waals surface area contributed by atoms with Gasteiger partial charge in [-0.05, 0) is 62.2 Å². The largest absolute Gasteiger partial charge is 0.340 e. The molecule has 0 aliphatic carbocycles. The van der Waals surface area contributed by atoms with Crippen LogP contribution in [0.3, 0.4) is 0 Å². The molecule has 0 unspecified atom stereocenters. The van der Waals surface area contributed by atoms with E-state index >= 15 is 0 Å². The topological polar surface area (TPSA) is 73.6 Å². The average molecular weight is 335 g/mol. The van der Waals surface area contributed by atoms with E-state index in [-0.39, 0.29) is 0 Å². The number of nitrogens with zero attached hydrogens (tertiary/aromatic N) is 3. The van der Waals surface area contributed by atoms with Gasteiger partial charge in [0.1, 0.15) is 5.82 Å². The highest BCUT2D eigenvalue weighted by molar-refractivity contribution is 5.66. The Balaban J connectivity index is 1.81. The molecule has 2 N–H and O–H groups in total. The summed E-state index contributed by atoms with van der Waals surface area (Å²) in [7, 11) is 0. The Morgan fingerprint density at radius 1 is 0.920 bits per heavy atom. The SMILES string of the molecule is Cc1cc(C)c(Nc2ccnc(N[13c]3[13cH][13cH][13c](C#N)[13cH][13cH]3)n2)c(C)c1. The van der Waals surface area contributed by atoms with Crippen LogP contribution in [0.15, 0.2) is 48.7 Å². The van der Waals surface area contributed by atoms with Gasteiger partial charge in [-0.3, -0.25) is 0 Å². The van der Waals surface area contributed by atoms with Crippen molar-refractivity contribution in [2.75, 3.05) is 10.6 Å². The molecule has 5 heteroatoms. The normalized spacial score (nSPS) is 10.2. The smallest absolute Gasteiger partial charge is 0.229 e. The maximum Gasteiger partial charge on any atom is 0.229 e. The van der Waals surface area contributed by atoms with E-state index in [9.17, 15) is 0 Å². The zero-order valence-corrected chi connectivity index (χ0v) is 14.5. The molecule has 3 rings (SSSR count). The summed E-state index contributed by atoms with van der Waals surface area (Å²) < 4.78 is 0. The first-order chi connectivity index (χ1) is 12.0. The second kappa shape index (κ2) is 7.02. The summed E-state index contributed by atoms with van der Waals surface area (Å²) in [6, 6.07) is 15.4. The Morgan fingerprint density at radius 3 is 2.24 bits per heavy atom. The van der Waals surface area contributed by atoms with Crippen LogP contribution in [-0.2, 0) is 0 Å². The molecule has 1 heterocycles. The zero-order valence-electron chi connectivity index (χ0n) is 14.5. The molecule has 3 aromatic rings. The van der Waals surface area contributed by atoms with Crippen molar-refractivity contribution in [1.29, 1.82) is 5.26 Å². The summed E-state index contributed by atoms with van der Waals surface area (Å²) in [5.41, 5.74) is 6.11. The average Bonchev–Trinajstić information content (AvgIpc) is 2.59. The Morgan fingerprint density at radius 2 is 1.60 bits per heavy atom. The van der Waals surface area contributed by atoms with Gasteiger partial charge in [-0.15, -0.1) is 0 Å². The summed E-state index contributed by atoms with van der Waals surface area (Å²) in [5, 5.41) is 15.4. The monoisotopic (exact) mass is 335 g/mol. The second-order valence-corrected chi connectivity index (χ2v) is 5.98. The van der Waals surface area contributed by atoms with Crippen molar-refractivity contribution in [2.45, 2.75) is 20.8 Å². The van der Waals surface area contributed by atoms with Crippen molar-refractivity contribution in [3.63, 3.8) is 0 Å². The minimum absolute atomic E-state index is 0.497. The van der Waals surface area contributed by atoms with Crippen molar-refractivity contribution in [1.82, 2.24) is 9.97 Å². The summed E-state index contributed by atoms with van der Waals surface area (Å²) in [6.07, 6.45) is 1.71. The van der Waals surface area contributed by atoms with Crippen molar-refractivity contribution >= 4 is 23.1 Å². The molecule has 0 bridgehead atoms. The van der Waals surface area contributed by atoms with Gasteiger partial charge in [-0.25, -0.2) is 4.98 Å². The molecule has 0 fully saturated rings. The van der Waals surface area contributed by atoms with Crippen molar-refractivity contribution in [3.8, 4) is 6.07 Å². The molecule has 2 aromatic carbocycles. The molecule has 0 amide bonds. The predicted molar refractivity (Wildman–Crippen MR) is 100 cm³/mol. The number of nitriles is 1. The Kier molecular flexibility index (Phi) is 4.62. The van der Waals surface area contributed by atoms with Crippen LogP contribution in [0, 0.1) is 32.1 Å². The van der Waals surface area contributed by atoms with Gasteiger partial charge in [0, 0.05) is 17.6 Å². The zero-order chi connectivity index (χ0) is 17.8. The van der Waals surface area contributed by atoms with Gasteiger partial charge < -0.3 is 10.6 Å². The van der Waals surface area contributed by atoms with Gasteiger partial charge in [0.15, 0.2) is 0 Å². The Bertz CT molecular complexity index is 916. The van der Waals surface area contributed by atoms with E-state index in [2.05, 4.69) is 59.6 Å². The lowest BCUT2D eigenvalue weighted by atomic mass is 10.1. The molecule has 25 heavy (non-hydrogen) atoms. The van der Waals surface area contributed by atoms with E-state index in [0.29, 0.717) is 11.5 Å². The maximum atomic E-state index is 8.85. The molecule has 0 spiro atoms. The number of aryl methyl sites for hydroxylation is 3. The van der Waals surface area contributed by atoms with E-state index < -0.39 is 0 Å². The Hall–Kier alpha value is -3.39. The number of hydrogen-bond acceptors (Lipinski definition) is 5. The summed E-state index contributed by atoms with van der Waals surface area (Å²) in [6.45, 7) is 6.26. The number of anilines is 4. The van der Waals surface area contributed by atoms with E-state index in [1.54, 1.807) is 18.3 Å². The fourth-order valence-electron chi connectivity index (χ4n) is 2.75. The minimum atomic E-state index is 0.497. The highest BCUT2D eigenvalue weighted by Gasteiger charge is 2.06. The molecular formula is C20H19N5. The molecule has 0 aliphatic heterocycles. The number of hydrogen-bond donors (Lipinski definition) is 2. The maximum absolute atomic E-state index is 8.85. The van der Waals surface area contributed by atoms with Crippen LogP contribution in [0.25, 0.3) is 0 Å². The number of nitrogens with one attached hydrogen (secondary N) is 2. The first-order valence-corrected chi connectivity index (χ1v) is 8.00. The highest BCUT2D eigenvalue weighted by Crippen LogP contribution is 2.25. The van der Waals surface area contributed by atoms with Crippen LogP contribution in [0.4, 0.5) is 23.1 Å². The Labute approximate surface area is 147 Å². The third-order valence-corrected chi connectivity index (χ3v) is 3.86. The summed E-state index contributed by atoms with van der Waals surface area (Å²) in [5.74, 6) is 1.22. The lowest BCUT2D eigenvalue weighted by Gasteiger charge is -2.14. The molecule has 0 saturated heterocycles. The van der Waals surface area contributed by atoms with Crippen LogP contribution >= 0.6 is 0 Å². The van der Waals surface area contributed by atoms with E-state index in [0.717, 1.165) is 17.2 Å². The van der Waals surface area contributed by atoms with Gasteiger partial charge in [0.05, 0.1) is 11.6 Å². The fraction of sp³-hybridized carbons (Fsp3) is 0.150. The minimum Gasteiger partial charge on any atom is -0.340 e. The molecule has 124 valence electrons. The molecule has 0 aliphatic rings. The van der Waals surface area contributed by atoms with Gasteiger partial charge in [-0.2, -0.15) is 10.2 Å². The van der Waals surface area contributed by atoms with Crippen molar-refractivity contribution < 1.29 is 0 Å². The molecular weight excluding hydrogens is 316 g/mol. The van der Waals surface area contributed by atoms with Crippen LogP contribution in [0.1, 0.15) is 22.3 Å². The first-order valence-electron chi connectivity index (χ1n) is 8.00. The third-order valence-electron chi connectivity index (χ3n) is 3.86. The van der Waals surface area contributed by atoms with E-state index in [1.165, 1.54) is 16.7 Å². The standard InChI is InChI=1S/C20H19N5/c1-13-10-14(2)19(15(3)11-13)24-18-8-9-22-20(25-18)23-17-6-4-16(12-21)5-7-17/h4-11H,1-3H3,(H2,22,23,24,25)/i4+1,5+1,6+1,7+1,16+1,17+1. The number of rotatable bonds is 4. The van der Waals surface area contributed by atoms with Gasteiger partial charge in [-0.1, -0.05) is 17.7 Å². The first kappa shape index (κ1) is 16.5. The third kappa shape index (κ3) is 3.93. The van der Waals surface area contributed by atoms with Gasteiger partial charge >= 0.3 is 0 Å². The molecule has 0 saturated carbocycles. The molecule has 0 radical (unpaired) electrons. The van der Waals surface area contributed by atoms with Crippen molar-refractivity contribution in [3.05, 3.63) is 70.9 Å². The van der Waals surface area contributed by atoms with Crippen LogP contribution in [0.5, 0.6) is 0 Å². The van der Waals surface area contributed by atoms with E-state index in [4.69, 9.17) is 5.26 Å². The quantitative estimate of drug-likeness (QED) is 0.719. The van der Waals surface area contributed by atoms with Crippen LogP contribution < -0.4 is 10.6 Å². The molecule has 0 atom stereocenters. The molecule has 1 aromatic heterocycles. The summed E-state index contributed by atoms with van der Waals surface area (Å²) >= 11 is 0. The lowest BCUT2D eigenvalue weighted by Crippen LogP contribution is -2.02. The van der Waals surface area contributed by atoms with Crippen LogP contribution in [-0.4, -0.2) is 9.97 Å². The predicted octanol–water partition coefficient (Wildman–Crippen LogP) is 4.76. The van der Waals surface area contributed by atoms with Gasteiger partial charge in [0.2, 0.25) is 5.95 Å². The lowest BCUT2D eigenvalue weighted by molar-refractivity contribution is 1.16. The number of aromatic nitrogens is 2. The van der Waals surface area contributed by atoms with Crippen molar-refractivity contribution in [2.24, 2.45) is 0 Å². The van der Waals surface area contributed by atoms with Crippen LogP contribution in [0.2, 0.25) is 0 Å². The number of benzene rings is 2.